The summed E-state index contributed by atoms with van der Waals surface area (Å²) >= 11 is 0. The topological polar surface area (TPSA) is 29.1 Å². The Balaban J connectivity index is 2.89. The molecule has 2 nitrogen and oxygen atoms in total. The van der Waals surface area contributed by atoms with E-state index in [9.17, 15) is 18.0 Å². The molecule has 0 radical (unpaired) electrons. The minimum absolute atomic E-state index is 0.129. The number of Topliss-reactive ketones (excluding diaryl/α,β-unsaturated/α-hetero) is 1. The minimum atomic E-state index is -4.37. The van der Waals surface area contributed by atoms with Crippen LogP contribution in [0.1, 0.15) is 35.3 Å². The summed E-state index contributed by atoms with van der Waals surface area (Å²) in [5, 5.41) is 2.94. The molecule has 0 saturated heterocycles. The van der Waals surface area contributed by atoms with Crippen LogP contribution in [0.4, 0.5) is 13.2 Å². The molecule has 0 aromatic heterocycles. The van der Waals surface area contributed by atoms with Gasteiger partial charge in [-0.1, -0.05) is 19.9 Å². The minimum Gasteiger partial charge on any atom is -0.307 e. The first-order valence-electron chi connectivity index (χ1n) is 5.66. The molecule has 1 N–H and O–H groups in total. The molecule has 0 aliphatic carbocycles. The second-order valence-electron chi connectivity index (χ2n) is 4.49. The number of rotatable bonds is 4. The van der Waals surface area contributed by atoms with E-state index in [0.29, 0.717) is 11.1 Å². The molecule has 0 spiro atoms. The Morgan fingerprint density at radius 3 is 2.39 bits per heavy atom. The van der Waals surface area contributed by atoms with Gasteiger partial charge in [-0.25, -0.2) is 0 Å². The zero-order valence-corrected chi connectivity index (χ0v) is 10.6. The SMILES string of the molecule is Cc1cc(C(F)(F)F)ccc1C(=O)CNC(C)C. The maximum absolute atomic E-state index is 12.5. The monoisotopic (exact) mass is 259 g/mol. The number of nitrogens with one attached hydrogen (secondary N) is 1. The summed E-state index contributed by atoms with van der Waals surface area (Å²) in [6.07, 6.45) is -4.37. The van der Waals surface area contributed by atoms with Gasteiger partial charge in [-0.2, -0.15) is 13.2 Å². The lowest BCUT2D eigenvalue weighted by atomic mass is 10.0. The lowest BCUT2D eigenvalue weighted by Gasteiger charge is -2.11. The van der Waals surface area contributed by atoms with Crippen LogP contribution in [0.15, 0.2) is 18.2 Å². The number of hydrogen-bond donors (Lipinski definition) is 1. The highest BCUT2D eigenvalue weighted by atomic mass is 19.4. The Labute approximate surface area is 104 Å². The number of ketones is 1. The molecule has 0 atom stereocenters. The van der Waals surface area contributed by atoms with E-state index in [1.165, 1.54) is 13.0 Å². The molecule has 0 saturated carbocycles. The maximum atomic E-state index is 12.5. The molecular weight excluding hydrogens is 243 g/mol. The second kappa shape index (κ2) is 5.52. The summed E-state index contributed by atoms with van der Waals surface area (Å²) < 4.78 is 37.4. The highest BCUT2D eigenvalue weighted by Gasteiger charge is 2.30. The van der Waals surface area contributed by atoms with Gasteiger partial charge in [0.25, 0.3) is 0 Å². The molecule has 18 heavy (non-hydrogen) atoms. The third kappa shape index (κ3) is 3.84. The van der Waals surface area contributed by atoms with Gasteiger partial charge in [-0.05, 0) is 24.6 Å². The van der Waals surface area contributed by atoms with Crippen molar-refractivity contribution in [2.24, 2.45) is 0 Å². The normalized spacial score (nSPS) is 11.9. The first-order valence-corrected chi connectivity index (χ1v) is 5.66. The Bertz CT molecular complexity index is 438. The average Bonchev–Trinajstić information content (AvgIpc) is 2.24. The zero-order chi connectivity index (χ0) is 13.9. The van der Waals surface area contributed by atoms with Crippen molar-refractivity contribution >= 4 is 5.78 Å². The number of hydrogen-bond acceptors (Lipinski definition) is 2. The number of benzene rings is 1. The quantitative estimate of drug-likeness (QED) is 0.841. The molecule has 100 valence electrons. The van der Waals surface area contributed by atoms with Gasteiger partial charge in [0.15, 0.2) is 5.78 Å². The molecule has 0 amide bonds. The molecule has 0 heterocycles. The van der Waals surface area contributed by atoms with E-state index in [-0.39, 0.29) is 18.4 Å². The van der Waals surface area contributed by atoms with Crippen molar-refractivity contribution in [3.8, 4) is 0 Å². The van der Waals surface area contributed by atoms with Crippen LogP contribution >= 0.6 is 0 Å². The Morgan fingerprint density at radius 2 is 1.94 bits per heavy atom. The highest BCUT2D eigenvalue weighted by molar-refractivity contribution is 5.99. The number of alkyl halides is 3. The Morgan fingerprint density at radius 1 is 1.33 bits per heavy atom. The standard InChI is InChI=1S/C13H16F3NO/c1-8(2)17-7-12(18)11-5-4-10(6-9(11)3)13(14,15)16/h4-6,8,17H,7H2,1-3H3. The van der Waals surface area contributed by atoms with E-state index in [1.54, 1.807) is 0 Å². The number of aryl methyl sites for hydroxylation is 1. The van der Waals surface area contributed by atoms with E-state index >= 15 is 0 Å². The van der Waals surface area contributed by atoms with E-state index in [2.05, 4.69) is 5.32 Å². The summed E-state index contributed by atoms with van der Waals surface area (Å²) in [7, 11) is 0. The summed E-state index contributed by atoms with van der Waals surface area (Å²) in [6, 6.07) is 3.34. The summed E-state index contributed by atoms with van der Waals surface area (Å²) in [5.41, 5.74) is -0.0510. The van der Waals surface area contributed by atoms with Gasteiger partial charge >= 0.3 is 6.18 Å². The lowest BCUT2D eigenvalue weighted by Crippen LogP contribution is -2.29. The van der Waals surface area contributed by atoms with Crippen LogP contribution in [0, 0.1) is 6.92 Å². The number of halogens is 3. The van der Waals surface area contributed by atoms with Crippen molar-refractivity contribution in [1.29, 1.82) is 0 Å². The predicted molar refractivity (Wildman–Crippen MR) is 63.7 cm³/mol. The van der Waals surface area contributed by atoms with Crippen molar-refractivity contribution in [2.75, 3.05) is 6.54 Å². The third-order valence-electron chi connectivity index (χ3n) is 2.53. The molecular formula is C13H16F3NO. The van der Waals surface area contributed by atoms with E-state index in [1.807, 2.05) is 13.8 Å². The highest BCUT2D eigenvalue weighted by Crippen LogP contribution is 2.30. The van der Waals surface area contributed by atoms with E-state index < -0.39 is 11.7 Å². The fraction of sp³-hybridized carbons (Fsp3) is 0.462. The summed E-state index contributed by atoms with van der Waals surface area (Å²) in [5.74, 6) is -0.199. The van der Waals surface area contributed by atoms with Crippen LogP contribution < -0.4 is 5.32 Å². The largest absolute Gasteiger partial charge is 0.416 e. The fourth-order valence-electron chi connectivity index (χ4n) is 1.54. The van der Waals surface area contributed by atoms with Gasteiger partial charge in [0.1, 0.15) is 0 Å². The van der Waals surface area contributed by atoms with Gasteiger partial charge in [0.2, 0.25) is 0 Å². The van der Waals surface area contributed by atoms with Gasteiger partial charge < -0.3 is 5.32 Å². The van der Waals surface area contributed by atoms with Crippen LogP contribution in [0.2, 0.25) is 0 Å². The van der Waals surface area contributed by atoms with Gasteiger partial charge in [-0.3, -0.25) is 4.79 Å². The molecule has 1 rings (SSSR count). The van der Waals surface area contributed by atoms with Crippen molar-refractivity contribution in [3.63, 3.8) is 0 Å². The van der Waals surface area contributed by atoms with Crippen LogP contribution in [-0.4, -0.2) is 18.4 Å². The molecule has 5 heteroatoms. The molecule has 0 bridgehead atoms. The van der Waals surface area contributed by atoms with Gasteiger partial charge in [0, 0.05) is 11.6 Å². The van der Waals surface area contributed by atoms with Crippen LogP contribution in [-0.2, 0) is 6.18 Å². The first kappa shape index (κ1) is 14.7. The Hall–Kier alpha value is -1.36. The number of carbonyl (C=O) groups is 1. The maximum Gasteiger partial charge on any atom is 0.416 e. The van der Waals surface area contributed by atoms with Crippen molar-refractivity contribution in [2.45, 2.75) is 33.0 Å². The molecule has 0 fully saturated rings. The van der Waals surface area contributed by atoms with Crippen molar-refractivity contribution in [3.05, 3.63) is 34.9 Å². The Kier molecular flexibility index (Phi) is 4.51. The van der Waals surface area contributed by atoms with Gasteiger partial charge in [0.05, 0.1) is 12.1 Å². The lowest BCUT2D eigenvalue weighted by molar-refractivity contribution is -0.137. The predicted octanol–water partition coefficient (Wildman–Crippen LogP) is 3.19. The third-order valence-corrected chi connectivity index (χ3v) is 2.53. The first-order chi connectivity index (χ1) is 8.21. The van der Waals surface area contributed by atoms with Crippen LogP contribution in [0.5, 0.6) is 0 Å². The number of carbonyl (C=O) groups excluding carboxylic acids is 1. The second-order valence-corrected chi connectivity index (χ2v) is 4.49. The van der Waals surface area contributed by atoms with Crippen molar-refractivity contribution < 1.29 is 18.0 Å². The molecule has 1 aromatic rings. The zero-order valence-electron chi connectivity index (χ0n) is 10.6. The smallest absolute Gasteiger partial charge is 0.307 e. The average molecular weight is 259 g/mol. The van der Waals surface area contributed by atoms with Crippen molar-refractivity contribution in [1.82, 2.24) is 5.32 Å². The summed E-state index contributed by atoms with van der Waals surface area (Å²) in [6.45, 7) is 5.43. The molecule has 0 unspecified atom stereocenters. The molecule has 0 aliphatic heterocycles. The molecule has 1 aromatic carbocycles. The van der Waals surface area contributed by atoms with Crippen LogP contribution in [0.25, 0.3) is 0 Å². The van der Waals surface area contributed by atoms with E-state index in [0.717, 1.165) is 12.1 Å². The molecule has 0 aliphatic rings. The fourth-order valence-corrected chi connectivity index (χ4v) is 1.54. The van der Waals surface area contributed by atoms with Gasteiger partial charge in [-0.15, -0.1) is 0 Å². The van der Waals surface area contributed by atoms with Crippen LogP contribution in [0.3, 0.4) is 0 Å². The van der Waals surface area contributed by atoms with E-state index in [4.69, 9.17) is 0 Å². The summed E-state index contributed by atoms with van der Waals surface area (Å²) in [4.78, 5) is 11.8.